The summed E-state index contributed by atoms with van der Waals surface area (Å²) in [4.78, 5) is 16.0. The van der Waals surface area contributed by atoms with E-state index >= 15 is 0 Å². The van der Waals surface area contributed by atoms with E-state index in [0.29, 0.717) is 10.7 Å². The van der Waals surface area contributed by atoms with Crippen molar-refractivity contribution in [2.45, 2.75) is 37.6 Å². The highest BCUT2D eigenvalue weighted by Gasteiger charge is 2.33. The molecule has 0 atom stereocenters. The minimum Gasteiger partial charge on any atom is -0.394 e. The maximum Gasteiger partial charge on any atom is 0.251 e. The third-order valence-corrected chi connectivity index (χ3v) is 3.69. The molecule has 2 rings (SSSR count). The molecule has 1 saturated carbocycles. The van der Waals surface area contributed by atoms with Crippen molar-refractivity contribution in [2.75, 3.05) is 6.61 Å². The van der Waals surface area contributed by atoms with E-state index < -0.39 is 5.54 Å². The molecule has 0 aliphatic heterocycles. The summed E-state index contributed by atoms with van der Waals surface area (Å²) in [5.41, 5.74) is 0.0128. The van der Waals surface area contributed by atoms with E-state index in [-0.39, 0.29) is 12.5 Å². The molecule has 1 fully saturated rings. The smallest absolute Gasteiger partial charge is 0.251 e. The lowest BCUT2D eigenvalue weighted by Gasteiger charge is -2.36. The Labute approximate surface area is 111 Å². The van der Waals surface area contributed by atoms with Gasteiger partial charge in [-0.3, -0.25) is 4.79 Å². The first-order valence-corrected chi connectivity index (χ1v) is 6.58. The summed E-state index contributed by atoms with van der Waals surface area (Å²) in [7, 11) is 0. The molecule has 1 heterocycles. The maximum atomic E-state index is 12.1. The highest BCUT2D eigenvalue weighted by Crippen LogP contribution is 2.28. The number of carbonyl (C=O) groups excluding carboxylic acids is 1. The average molecular weight is 269 g/mol. The van der Waals surface area contributed by atoms with Crippen molar-refractivity contribution in [3.63, 3.8) is 0 Å². The number of hydrogen-bond donors (Lipinski definition) is 2. The molecule has 1 aromatic heterocycles. The van der Waals surface area contributed by atoms with Crippen molar-refractivity contribution in [1.29, 1.82) is 0 Å². The summed E-state index contributed by atoms with van der Waals surface area (Å²) >= 11 is 5.76. The van der Waals surface area contributed by atoms with E-state index in [9.17, 15) is 9.90 Å². The van der Waals surface area contributed by atoms with Crippen LogP contribution in [-0.2, 0) is 0 Å². The number of pyridine rings is 1. The predicted octanol–water partition coefficient (Wildman–Crippen LogP) is 2.16. The van der Waals surface area contributed by atoms with Crippen LogP contribution in [0.25, 0.3) is 0 Å². The predicted molar refractivity (Wildman–Crippen MR) is 69.6 cm³/mol. The Morgan fingerprint density at radius 3 is 2.78 bits per heavy atom. The molecular weight excluding hydrogens is 252 g/mol. The van der Waals surface area contributed by atoms with Gasteiger partial charge >= 0.3 is 0 Å². The number of amides is 1. The first kappa shape index (κ1) is 13.3. The van der Waals surface area contributed by atoms with Crippen LogP contribution in [-0.4, -0.2) is 28.1 Å². The zero-order chi connectivity index (χ0) is 13.0. The summed E-state index contributed by atoms with van der Waals surface area (Å²) in [6.07, 6.45) is 6.40. The van der Waals surface area contributed by atoms with Gasteiger partial charge < -0.3 is 10.4 Å². The van der Waals surface area contributed by atoms with Crippen molar-refractivity contribution >= 4 is 17.5 Å². The molecule has 1 aliphatic carbocycles. The Morgan fingerprint density at radius 2 is 2.17 bits per heavy atom. The molecule has 0 radical (unpaired) electrons. The van der Waals surface area contributed by atoms with Crippen molar-refractivity contribution in [3.8, 4) is 0 Å². The van der Waals surface area contributed by atoms with Crippen LogP contribution < -0.4 is 5.32 Å². The number of nitrogens with one attached hydrogen (secondary N) is 1. The Bertz CT molecular complexity index is 431. The first-order valence-electron chi connectivity index (χ1n) is 6.20. The van der Waals surface area contributed by atoms with Crippen LogP contribution in [0.15, 0.2) is 18.3 Å². The van der Waals surface area contributed by atoms with Gasteiger partial charge in [-0.25, -0.2) is 4.98 Å². The third-order valence-electron chi connectivity index (χ3n) is 3.48. The van der Waals surface area contributed by atoms with Gasteiger partial charge in [-0.1, -0.05) is 30.9 Å². The topological polar surface area (TPSA) is 62.2 Å². The van der Waals surface area contributed by atoms with Gasteiger partial charge in [0.05, 0.1) is 12.1 Å². The number of aliphatic hydroxyl groups excluding tert-OH is 1. The molecule has 0 unspecified atom stereocenters. The van der Waals surface area contributed by atoms with Crippen LogP contribution >= 0.6 is 11.6 Å². The molecular formula is C13H17ClN2O2. The Kier molecular flexibility index (Phi) is 4.19. The Hall–Kier alpha value is -1.13. The molecule has 4 nitrogen and oxygen atoms in total. The Balaban J connectivity index is 2.10. The Morgan fingerprint density at radius 1 is 1.44 bits per heavy atom. The van der Waals surface area contributed by atoms with E-state index in [0.717, 1.165) is 25.7 Å². The molecule has 0 saturated heterocycles. The summed E-state index contributed by atoms with van der Waals surface area (Å²) in [6.45, 7) is -0.0163. The van der Waals surface area contributed by atoms with Crippen molar-refractivity contribution in [1.82, 2.24) is 10.3 Å². The lowest BCUT2D eigenvalue weighted by molar-refractivity contribution is 0.0758. The van der Waals surface area contributed by atoms with E-state index in [1.807, 2.05) is 0 Å². The van der Waals surface area contributed by atoms with Gasteiger partial charge in [-0.2, -0.15) is 0 Å². The zero-order valence-electron chi connectivity index (χ0n) is 10.2. The quantitative estimate of drug-likeness (QED) is 0.826. The van der Waals surface area contributed by atoms with Gasteiger partial charge in [0.15, 0.2) is 0 Å². The molecule has 1 amide bonds. The minimum atomic E-state index is -0.467. The van der Waals surface area contributed by atoms with E-state index in [4.69, 9.17) is 11.6 Å². The lowest BCUT2D eigenvalue weighted by atomic mass is 9.82. The van der Waals surface area contributed by atoms with Crippen LogP contribution in [0.4, 0.5) is 0 Å². The summed E-state index contributed by atoms with van der Waals surface area (Å²) in [6, 6.07) is 3.15. The fourth-order valence-corrected chi connectivity index (χ4v) is 2.58. The molecule has 98 valence electrons. The lowest BCUT2D eigenvalue weighted by Crippen LogP contribution is -2.52. The average Bonchev–Trinajstić information content (AvgIpc) is 2.40. The van der Waals surface area contributed by atoms with Gasteiger partial charge in [-0.05, 0) is 25.0 Å². The minimum absolute atomic E-state index is 0.0163. The number of hydrogen-bond acceptors (Lipinski definition) is 3. The molecule has 0 bridgehead atoms. The van der Waals surface area contributed by atoms with Gasteiger partial charge in [0.1, 0.15) is 5.15 Å². The highest BCUT2D eigenvalue weighted by atomic mass is 35.5. The van der Waals surface area contributed by atoms with Crippen molar-refractivity contribution < 1.29 is 9.90 Å². The number of carbonyl (C=O) groups is 1. The first-order chi connectivity index (χ1) is 8.65. The summed E-state index contributed by atoms with van der Waals surface area (Å²) in [5.74, 6) is -0.199. The maximum absolute atomic E-state index is 12.1. The van der Waals surface area contributed by atoms with Crippen LogP contribution in [0.1, 0.15) is 42.5 Å². The number of aliphatic hydroxyl groups is 1. The highest BCUT2D eigenvalue weighted by molar-refractivity contribution is 6.29. The standard InChI is InChI=1S/C13H17ClN2O2/c14-11-8-10(4-7-15-11)12(18)16-13(9-17)5-2-1-3-6-13/h4,7-8,17H,1-3,5-6,9H2,(H,16,18). The SMILES string of the molecule is O=C(NC1(CO)CCCCC1)c1ccnc(Cl)c1. The summed E-state index contributed by atoms with van der Waals surface area (Å²) in [5, 5.41) is 12.8. The summed E-state index contributed by atoms with van der Waals surface area (Å²) < 4.78 is 0. The van der Waals surface area contributed by atoms with Crippen LogP contribution in [0.2, 0.25) is 5.15 Å². The van der Waals surface area contributed by atoms with E-state index in [1.165, 1.54) is 18.7 Å². The molecule has 1 aliphatic rings. The largest absolute Gasteiger partial charge is 0.394 e. The van der Waals surface area contributed by atoms with Crippen molar-refractivity contribution in [3.05, 3.63) is 29.0 Å². The molecule has 0 spiro atoms. The fourth-order valence-electron chi connectivity index (χ4n) is 2.41. The second kappa shape index (κ2) is 5.67. The molecule has 18 heavy (non-hydrogen) atoms. The number of rotatable bonds is 3. The van der Waals surface area contributed by atoms with Crippen LogP contribution in [0.3, 0.4) is 0 Å². The zero-order valence-corrected chi connectivity index (χ0v) is 10.9. The normalized spacial score (nSPS) is 18.3. The molecule has 1 aromatic rings. The fraction of sp³-hybridized carbons (Fsp3) is 0.538. The third kappa shape index (κ3) is 3.00. The van der Waals surface area contributed by atoms with Crippen LogP contribution in [0, 0.1) is 0 Å². The molecule has 2 N–H and O–H groups in total. The number of halogens is 1. The van der Waals surface area contributed by atoms with Crippen molar-refractivity contribution in [2.24, 2.45) is 0 Å². The van der Waals surface area contributed by atoms with Gasteiger partial charge in [0.2, 0.25) is 0 Å². The second-order valence-corrected chi connectivity index (χ2v) is 5.21. The number of aromatic nitrogens is 1. The van der Waals surface area contributed by atoms with Gasteiger partial charge in [-0.15, -0.1) is 0 Å². The number of nitrogens with zero attached hydrogens (tertiary/aromatic N) is 1. The van der Waals surface area contributed by atoms with Gasteiger partial charge in [0, 0.05) is 11.8 Å². The monoisotopic (exact) mass is 268 g/mol. The van der Waals surface area contributed by atoms with E-state index in [1.54, 1.807) is 6.07 Å². The molecule has 5 heteroatoms. The molecule has 0 aromatic carbocycles. The van der Waals surface area contributed by atoms with Gasteiger partial charge in [0.25, 0.3) is 5.91 Å². The second-order valence-electron chi connectivity index (χ2n) is 4.82. The van der Waals surface area contributed by atoms with E-state index in [2.05, 4.69) is 10.3 Å². The van der Waals surface area contributed by atoms with Crippen LogP contribution in [0.5, 0.6) is 0 Å².